The van der Waals surface area contributed by atoms with E-state index in [2.05, 4.69) is 25.1 Å². The van der Waals surface area contributed by atoms with Gasteiger partial charge in [0.05, 0.1) is 6.61 Å². The molecule has 0 amide bonds. The number of nitrogens with zero attached hydrogens (tertiary/aromatic N) is 1. The zero-order chi connectivity index (χ0) is 12.0. The molecule has 0 spiro atoms. The summed E-state index contributed by atoms with van der Waals surface area (Å²) in [6.07, 6.45) is 0.942. The second-order valence-corrected chi connectivity index (χ2v) is 4.03. The molecule has 2 N–H and O–H groups in total. The molecule has 90 valence electrons. The van der Waals surface area contributed by atoms with Crippen LogP contribution in [0.4, 0.5) is 0 Å². The third-order valence-electron chi connectivity index (χ3n) is 2.64. The zero-order valence-electron chi connectivity index (χ0n) is 10.4. The Kier molecular flexibility index (Phi) is 5.29. The molecule has 0 bridgehead atoms. The van der Waals surface area contributed by atoms with Crippen LogP contribution in [0.3, 0.4) is 0 Å². The van der Waals surface area contributed by atoms with Gasteiger partial charge in [0.2, 0.25) is 0 Å². The van der Waals surface area contributed by atoms with Gasteiger partial charge in [0.15, 0.2) is 0 Å². The van der Waals surface area contributed by atoms with Gasteiger partial charge in [-0.1, -0.05) is 18.2 Å². The summed E-state index contributed by atoms with van der Waals surface area (Å²) in [4.78, 5) is 2.19. The molecule has 0 heterocycles. The smallest absolute Gasteiger partial charge is 0.124 e. The van der Waals surface area contributed by atoms with Crippen LogP contribution in [0.1, 0.15) is 24.9 Å². The number of ether oxygens (including phenoxy) is 1. The van der Waals surface area contributed by atoms with E-state index in [1.54, 1.807) is 0 Å². The first-order chi connectivity index (χ1) is 7.70. The van der Waals surface area contributed by atoms with E-state index in [0.29, 0.717) is 19.2 Å². The van der Waals surface area contributed by atoms with Gasteiger partial charge in [0, 0.05) is 11.6 Å². The van der Waals surface area contributed by atoms with Crippen LogP contribution >= 0.6 is 0 Å². The van der Waals surface area contributed by atoms with Crippen molar-refractivity contribution in [3.05, 3.63) is 29.8 Å². The molecule has 3 nitrogen and oxygen atoms in total. The maximum atomic E-state index is 5.66. The van der Waals surface area contributed by atoms with E-state index in [-0.39, 0.29) is 0 Å². The highest BCUT2D eigenvalue weighted by Gasteiger charge is 2.16. The molecule has 1 aromatic rings. The summed E-state index contributed by atoms with van der Waals surface area (Å²) in [6.45, 7) is 3.38. The van der Waals surface area contributed by atoms with Crippen molar-refractivity contribution in [3.8, 4) is 5.75 Å². The number of hydrogen-bond donors (Lipinski definition) is 1. The first kappa shape index (κ1) is 13.0. The second-order valence-electron chi connectivity index (χ2n) is 4.03. The predicted molar refractivity (Wildman–Crippen MR) is 67.7 cm³/mol. The number of hydrogen-bond acceptors (Lipinski definition) is 3. The number of para-hydroxylation sites is 1. The first-order valence-electron chi connectivity index (χ1n) is 5.79. The van der Waals surface area contributed by atoms with Crippen LogP contribution in [-0.4, -0.2) is 32.1 Å². The van der Waals surface area contributed by atoms with Crippen molar-refractivity contribution in [1.29, 1.82) is 0 Å². The van der Waals surface area contributed by atoms with Crippen LogP contribution in [-0.2, 0) is 0 Å². The summed E-state index contributed by atoms with van der Waals surface area (Å²) in [6, 6.07) is 8.51. The molecule has 0 radical (unpaired) electrons. The molecule has 1 unspecified atom stereocenters. The minimum Gasteiger partial charge on any atom is -0.494 e. The van der Waals surface area contributed by atoms with Crippen LogP contribution in [0.25, 0.3) is 0 Å². The molecule has 3 heteroatoms. The van der Waals surface area contributed by atoms with Gasteiger partial charge in [-0.2, -0.15) is 0 Å². The highest BCUT2D eigenvalue weighted by molar-refractivity contribution is 5.36. The van der Waals surface area contributed by atoms with Crippen LogP contribution in [0.5, 0.6) is 5.75 Å². The van der Waals surface area contributed by atoms with Crippen molar-refractivity contribution in [2.45, 2.75) is 19.4 Å². The van der Waals surface area contributed by atoms with Gasteiger partial charge in [0.1, 0.15) is 5.75 Å². The fourth-order valence-electron chi connectivity index (χ4n) is 1.89. The second kappa shape index (κ2) is 6.51. The van der Waals surface area contributed by atoms with Crippen LogP contribution in [0.15, 0.2) is 24.3 Å². The molecule has 0 fully saturated rings. The Morgan fingerprint density at radius 3 is 2.56 bits per heavy atom. The molecule has 16 heavy (non-hydrogen) atoms. The predicted octanol–water partition coefficient (Wildman–Crippen LogP) is 2.04. The molecule has 1 rings (SSSR count). The molecule has 0 saturated heterocycles. The minimum atomic E-state index is 0.327. The normalized spacial score (nSPS) is 12.8. The van der Waals surface area contributed by atoms with Crippen molar-refractivity contribution in [2.75, 3.05) is 27.2 Å². The monoisotopic (exact) mass is 222 g/mol. The van der Waals surface area contributed by atoms with Gasteiger partial charge in [-0.05, 0) is 40.1 Å². The van der Waals surface area contributed by atoms with Gasteiger partial charge in [-0.25, -0.2) is 0 Å². The SMILES string of the molecule is CCOc1ccccc1C(CCN)N(C)C. The molecule has 0 aliphatic carbocycles. The fraction of sp³-hybridized carbons (Fsp3) is 0.538. The van der Waals surface area contributed by atoms with Gasteiger partial charge >= 0.3 is 0 Å². The molecule has 0 saturated carbocycles. The lowest BCUT2D eigenvalue weighted by molar-refractivity contribution is 0.269. The Morgan fingerprint density at radius 2 is 2.00 bits per heavy atom. The summed E-state index contributed by atoms with van der Waals surface area (Å²) >= 11 is 0. The van der Waals surface area contributed by atoms with E-state index in [9.17, 15) is 0 Å². The lowest BCUT2D eigenvalue weighted by Crippen LogP contribution is -2.23. The first-order valence-corrected chi connectivity index (χ1v) is 5.79. The summed E-state index contributed by atoms with van der Waals surface area (Å²) in [5.74, 6) is 0.970. The summed E-state index contributed by atoms with van der Waals surface area (Å²) in [5, 5.41) is 0. The standard InChI is InChI=1S/C13H22N2O/c1-4-16-13-8-6-5-7-11(13)12(9-10-14)15(2)3/h5-8,12H,4,9-10,14H2,1-3H3. The maximum Gasteiger partial charge on any atom is 0.124 e. The molecular formula is C13H22N2O. The molecule has 0 aliphatic heterocycles. The van der Waals surface area contributed by atoms with Gasteiger partial charge < -0.3 is 15.4 Å². The van der Waals surface area contributed by atoms with Crippen molar-refractivity contribution >= 4 is 0 Å². The van der Waals surface area contributed by atoms with Gasteiger partial charge in [0.25, 0.3) is 0 Å². The maximum absolute atomic E-state index is 5.66. The molecule has 0 aromatic heterocycles. The Hall–Kier alpha value is -1.06. The van der Waals surface area contributed by atoms with Crippen molar-refractivity contribution < 1.29 is 4.74 Å². The summed E-state index contributed by atoms with van der Waals surface area (Å²) < 4.78 is 5.65. The molecule has 1 aromatic carbocycles. The number of benzene rings is 1. The lowest BCUT2D eigenvalue weighted by atomic mass is 10.0. The Balaban J connectivity index is 2.97. The van der Waals surface area contributed by atoms with E-state index >= 15 is 0 Å². The Morgan fingerprint density at radius 1 is 1.31 bits per heavy atom. The Labute approximate surface area is 98.2 Å². The van der Waals surface area contributed by atoms with Crippen molar-refractivity contribution in [2.24, 2.45) is 5.73 Å². The third-order valence-corrected chi connectivity index (χ3v) is 2.64. The van der Waals surface area contributed by atoms with E-state index in [1.165, 1.54) is 5.56 Å². The average molecular weight is 222 g/mol. The molecular weight excluding hydrogens is 200 g/mol. The number of rotatable bonds is 6. The topological polar surface area (TPSA) is 38.5 Å². The lowest BCUT2D eigenvalue weighted by Gasteiger charge is -2.26. The molecule has 0 aliphatic rings. The van der Waals surface area contributed by atoms with E-state index < -0.39 is 0 Å². The van der Waals surface area contributed by atoms with Gasteiger partial charge in [-0.15, -0.1) is 0 Å². The molecule has 1 atom stereocenters. The summed E-state index contributed by atoms with van der Waals surface area (Å²) in [7, 11) is 4.14. The van der Waals surface area contributed by atoms with E-state index in [1.807, 2.05) is 25.1 Å². The highest BCUT2D eigenvalue weighted by atomic mass is 16.5. The van der Waals surface area contributed by atoms with E-state index in [4.69, 9.17) is 10.5 Å². The largest absolute Gasteiger partial charge is 0.494 e. The number of nitrogens with two attached hydrogens (primary N) is 1. The van der Waals surface area contributed by atoms with Crippen LogP contribution < -0.4 is 10.5 Å². The summed E-state index contributed by atoms with van der Waals surface area (Å²) in [5.41, 5.74) is 6.88. The zero-order valence-corrected chi connectivity index (χ0v) is 10.4. The average Bonchev–Trinajstić information content (AvgIpc) is 2.27. The minimum absolute atomic E-state index is 0.327. The fourth-order valence-corrected chi connectivity index (χ4v) is 1.89. The van der Waals surface area contributed by atoms with Crippen LogP contribution in [0.2, 0.25) is 0 Å². The van der Waals surface area contributed by atoms with E-state index in [0.717, 1.165) is 12.2 Å². The van der Waals surface area contributed by atoms with Crippen molar-refractivity contribution in [3.63, 3.8) is 0 Å². The third kappa shape index (κ3) is 3.22. The quantitative estimate of drug-likeness (QED) is 0.800. The van der Waals surface area contributed by atoms with Gasteiger partial charge in [-0.3, -0.25) is 0 Å². The highest BCUT2D eigenvalue weighted by Crippen LogP contribution is 2.29. The van der Waals surface area contributed by atoms with Crippen LogP contribution in [0, 0.1) is 0 Å². The Bertz CT molecular complexity index is 313. The van der Waals surface area contributed by atoms with Crippen molar-refractivity contribution in [1.82, 2.24) is 4.90 Å².